The average Bonchev–Trinajstić information content (AvgIpc) is 2.73. The molecule has 0 saturated carbocycles. The van der Waals surface area contributed by atoms with E-state index in [2.05, 4.69) is 10.6 Å². The fourth-order valence-corrected chi connectivity index (χ4v) is 4.64. The first-order valence-corrected chi connectivity index (χ1v) is 10.7. The topological polar surface area (TPSA) is 101 Å². The van der Waals surface area contributed by atoms with Crippen LogP contribution in [0, 0.1) is 27.2 Å². The lowest BCUT2D eigenvalue weighted by atomic mass is 9.68. The molecule has 4 rings (SSSR count). The van der Waals surface area contributed by atoms with E-state index in [9.17, 15) is 28.5 Å². The lowest BCUT2D eigenvalue weighted by molar-refractivity contribution is -0.384. The number of carbonyl (C=O) groups excluding carboxylic acids is 2. The Morgan fingerprint density at radius 3 is 2.44 bits per heavy atom. The van der Waals surface area contributed by atoms with Crippen LogP contribution in [0.25, 0.3) is 0 Å². The Morgan fingerprint density at radius 2 is 1.82 bits per heavy atom. The molecule has 1 amide bonds. The number of amides is 1. The van der Waals surface area contributed by atoms with E-state index in [1.807, 2.05) is 13.8 Å². The van der Waals surface area contributed by atoms with Crippen LogP contribution < -0.4 is 10.6 Å². The molecule has 0 radical (unpaired) electrons. The van der Waals surface area contributed by atoms with E-state index in [0.29, 0.717) is 35.0 Å². The van der Waals surface area contributed by atoms with Gasteiger partial charge in [0.05, 0.1) is 10.6 Å². The molecule has 1 aliphatic carbocycles. The molecule has 0 aromatic heterocycles. The van der Waals surface area contributed by atoms with E-state index >= 15 is 0 Å². The van der Waals surface area contributed by atoms with Crippen LogP contribution in [0.15, 0.2) is 65.0 Å². The summed E-state index contributed by atoms with van der Waals surface area (Å²) in [6, 6.07) is 8.49. The van der Waals surface area contributed by atoms with E-state index in [0.717, 1.165) is 12.1 Å². The van der Waals surface area contributed by atoms with Gasteiger partial charge in [0.15, 0.2) is 5.78 Å². The van der Waals surface area contributed by atoms with Crippen LogP contribution in [-0.2, 0) is 9.59 Å². The van der Waals surface area contributed by atoms with Crippen molar-refractivity contribution in [3.05, 3.63) is 92.3 Å². The summed E-state index contributed by atoms with van der Waals surface area (Å²) >= 11 is 0. The number of nitro benzene ring substituents is 1. The van der Waals surface area contributed by atoms with Crippen molar-refractivity contribution in [1.82, 2.24) is 5.32 Å². The zero-order chi connectivity index (χ0) is 24.8. The number of hydrogen-bond acceptors (Lipinski definition) is 5. The Balaban J connectivity index is 1.81. The van der Waals surface area contributed by atoms with E-state index < -0.39 is 28.4 Å². The van der Waals surface area contributed by atoms with Gasteiger partial charge in [-0.3, -0.25) is 19.7 Å². The highest BCUT2D eigenvalue weighted by Crippen LogP contribution is 2.47. The van der Waals surface area contributed by atoms with Gasteiger partial charge in [-0.1, -0.05) is 26.0 Å². The van der Waals surface area contributed by atoms with Crippen molar-refractivity contribution < 1.29 is 23.3 Å². The molecule has 1 heterocycles. The van der Waals surface area contributed by atoms with E-state index in [4.69, 9.17) is 0 Å². The molecule has 2 N–H and O–H groups in total. The largest absolute Gasteiger partial charge is 0.362 e. The highest BCUT2D eigenvalue weighted by Gasteiger charge is 2.42. The van der Waals surface area contributed by atoms with Crippen molar-refractivity contribution in [3.8, 4) is 0 Å². The fraction of sp³-hybridized carbons (Fsp3) is 0.280. The third kappa shape index (κ3) is 4.33. The monoisotopic (exact) mass is 467 g/mol. The summed E-state index contributed by atoms with van der Waals surface area (Å²) in [6.45, 7) is 5.65. The van der Waals surface area contributed by atoms with Gasteiger partial charge in [0.2, 0.25) is 0 Å². The Kier molecular flexibility index (Phi) is 5.80. The number of dihydropyridines is 1. The maximum atomic E-state index is 14.2. The first-order chi connectivity index (χ1) is 16.0. The average molecular weight is 467 g/mol. The molecule has 0 unspecified atom stereocenters. The number of Topliss-reactive ketones (excluding diaryl/α,β-unsaturated/α-hetero) is 1. The van der Waals surface area contributed by atoms with Crippen LogP contribution >= 0.6 is 0 Å². The smallest absolute Gasteiger partial charge is 0.269 e. The van der Waals surface area contributed by atoms with Gasteiger partial charge in [-0.15, -0.1) is 0 Å². The summed E-state index contributed by atoms with van der Waals surface area (Å²) in [7, 11) is 0. The molecule has 0 fully saturated rings. The minimum absolute atomic E-state index is 0.122. The standard InChI is InChI=1S/C25H23F2N3O4/c1-13-21(24(32)29-18-9-6-15(26)10-17(18)27)22(14-4-7-16(8-5-14)30(33)34)23-19(28-13)11-25(2,3)12-20(23)31/h4-10,22,28H,11-12H2,1-3H3,(H,29,32)/t22-/m0/s1. The maximum absolute atomic E-state index is 14.2. The van der Waals surface area contributed by atoms with E-state index in [-0.39, 0.29) is 34.6 Å². The van der Waals surface area contributed by atoms with Gasteiger partial charge in [0.1, 0.15) is 11.6 Å². The van der Waals surface area contributed by atoms with Crippen molar-refractivity contribution in [2.24, 2.45) is 5.41 Å². The minimum atomic E-state index is -0.933. The van der Waals surface area contributed by atoms with Crippen molar-refractivity contribution in [2.75, 3.05) is 5.32 Å². The van der Waals surface area contributed by atoms with Gasteiger partial charge >= 0.3 is 0 Å². The molecule has 176 valence electrons. The van der Waals surface area contributed by atoms with Gasteiger partial charge < -0.3 is 10.6 Å². The van der Waals surface area contributed by atoms with Crippen LogP contribution in [0.4, 0.5) is 20.2 Å². The first kappa shape index (κ1) is 23.3. The number of non-ortho nitro benzene ring substituents is 1. The van der Waals surface area contributed by atoms with Crippen LogP contribution in [0.2, 0.25) is 0 Å². The number of nitrogens with zero attached hydrogens (tertiary/aromatic N) is 1. The molecule has 0 saturated heterocycles. The summed E-state index contributed by atoms with van der Waals surface area (Å²) in [5.41, 5.74) is 1.71. The number of carbonyl (C=O) groups is 2. The number of benzene rings is 2. The van der Waals surface area contributed by atoms with Crippen molar-refractivity contribution in [3.63, 3.8) is 0 Å². The SMILES string of the molecule is CC1=C(C(=O)Nc2ccc(F)cc2F)[C@H](c2ccc([N+](=O)[O-])cc2)C2=C(CC(C)(C)CC2=O)N1. The van der Waals surface area contributed by atoms with Crippen LogP contribution in [0.5, 0.6) is 0 Å². The molecular weight excluding hydrogens is 444 g/mol. The summed E-state index contributed by atoms with van der Waals surface area (Å²) in [6.07, 6.45) is 0.855. The highest BCUT2D eigenvalue weighted by molar-refractivity contribution is 6.10. The number of halogens is 2. The second kappa shape index (κ2) is 8.48. The van der Waals surface area contributed by atoms with Crippen molar-refractivity contribution in [2.45, 2.75) is 39.5 Å². The van der Waals surface area contributed by atoms with Gasteiger partial charge in [-0.2, -0.15) is 0 Å². The number of nitro groups is 1. The molecule has 1 atom stereocenters. The van der Waals surface area contributed by atoms with Gasteiger partial charge in [0.25, 0.3) is 11.6 Å². The second-order valence-electron chi connectivity index (χ2n) is 9.36. The molecule has 1 aliphatic heterocycles. The van der Waals surface area contributed by atoms with Crippen molar-refractivity contribution in [1.29, 1.82) is 0 Å². The number of allylic oxidation sites excluding steroid dienone is 3. The van der Waals surface area contributed by atoms with E-state index in [1.165, 1.54) is 24.3 Å². The van der Waals surface area contributed by atoms with Crippen LogP contribution in [-0.4, -0.2) is 16.6 Å². The molecule has 2 aromatic carbocycles. The normalized spacial score (nSPS) is 19.4. The number of nitrogens with one attached hydrogen (secondary N) is 2. The lowest BCUT2D eigenvalue weighted by Crippen LogP contribution is -2.39. The van der Waals surface area contributed by atoms with Gasteiger partial charge in [0, 0.05) is 53.1 Å². The molecule has 7 nitrogen and oxygen atoms in total. The minimum Gasteiger partial charge on any atom is -0.362 e. The first-order valence-electron chi connectivity index (χ1n) is 10.7. The van der Waals surface area contributed by atoms with Crippen LogP contribution in [0.3, 0.4) is 0 Å². The highest BCUT2D eigenvalue weighted by atomic mass is 19.1. The number of anilines is 1. The molecule has 2 aliphatic rings. The molecule has 0 spiro atoms. The predicted octanol–water partition coefficient (Wildman–Crippen LogP) is 5.12. The fourth-order valence-electron chi connectivity index (χ4n) is 4.64. The molecule has 2 aromatic rings. The zero-order valence-electron chi connectivity index (χ0n) is 18.9. The Hall–Kier alpha value is -3.88. The third-order valence-electron chi connectivity index (χ3n) is 6.10. The molecular formula is C25H23F2N3O4. The lowest BCUT2D eigenvalue weighted by Gasteiger charge is -2.39. The quantitative estimate of drug-likeness (QED) is 0.480. The number of ketones is 1. The second-order valence-corrected chi connectivity index (χ2v) is 9.36. The summed E-state index contributed by atoms with van der Waals surface area (Å²) in [4.78, 5) is 37.2. The van der Waals surface area contributed by atoms with Crippen molar-refractivity contribution >= 4 is 23.1 Å². The summed E-state index contributed by atoms with van der Waals surface area (Å²) in [5, 5.41) is 16.8. The molecule has 34 heavy (non-hydrogen) atoms. The maximum Gasteiger partial charge on any atom is 0.269 e. The Bertz CT molecular complexity index is 1280. The molecule has 9 heteroatoms. The Labute approximate surface area is 194 Å². The van der Waals surface area contributed by atoms with Crippen LogP contribution in [0.1, 0.15) is 45.1 Å². The van der Waals surface area contributed by atoms with Gasteiger partial charge in [-0.05, 0) is 36.5 Å². The zero-order valence-corrected chi connectivity index (χ0v) is 18.9. The third-order valence-corrected chi connectivity index (χ3v) is 6.10. The predicted molar refractivity (Wildman–Crippen MR) is 122 cm³/mol. The number of hydrogen-bond donors (Lipinski definition) is 2. The Morgan fingerprint density at radius 1 is 1.15 bits per heavy atom. The van der Waals surface area contributed by atoms with Gasteiger partial charge in [-0.25, -0.2) is 8.78 Å². The van der Waals surface area contributed by atoms with E-state index in [1.54, 1.807) is 6.92 Å². The summed E-state index contributed by atoms with van der Waals surface area (Å²) in [5.74, 6) is -3.31. The number of rotatable bonds is 4. The molecule has 0 bridgehead atoms. The summed E-state index contributed by atoms with van der Waals surface area (Å²) < 4.78 is 27.5.